The van der Waals surface area contributed by atoms with Crippen molar-refractivity contribution in [3.8, 4) is 11.5 Å². The molecule has 3 heterocycles. The summed E-state index contributed by atoms with van der Waals surface area (Å²) in [5.74, 6) is 1.87. The number of hydrogen-bond donors (Lipinski definition) is 2. The highest BCUT2D eigenvalue weighted by Gasteiger charge is 2.29. The fraction of sp³-hybridized carbons (Fsp3) is 0.389. The fourth-order valence-electron chi connectivity index (χ4n) is 3.35. The number of benzene rings is 1. The topological polar surface area (TPSA) is 101 Å². The van der Waals surface area contributed by atoms with Crippen LogP contribution in [0.3, 0.4) is 0 Å². The second-order valence-electron chi connectivity index (χ2n) is 6.54. The lowest BCUT2D eigenvalue weighted by Gasteiger charge is -2.37. The summed E-state index contributed by atoms with van der Waals surface area (Å²) in [6.45, 7) is 3.30. The maximum absolute atomic E-state index is 9.62. The highest BCUT2D eigenvalue weighted by molar-refractivity contribution is 5.87. The van der Waals surface area contributed by atoms with Crippen molar-refractivity contribution in [1.82, 2.24) is 15.1 Å². The molecule has 130 valence electrons. The molecule has 2 atom stereocenters. The van der Waals surface area contributed by atoms with Gasteiger partial charge in [-0.15, -0.1) is 0 Å². The van der Waals surface area contributed by atoms with Gasteiger partial charge in [-0.05, 0) is 25.5 Å². The van der Waals surface area contributed by atoms with Gasteiger partial charge >= 0.3 is 0 Å². The average molecular weight is 339 g/mol. The van der Waals surface area contributed by atoms with Crippen molar-refractivity contribution in [3.63, 3.8) is 0 Å². The Labute approximate surface area is 145 Å². The highest BCUT2D eigenvalue weighted by atomic mass is 16.5. The number of aliphatic hydroxyl groups is 1. The molecular formula is C18H21N5O2. The summed E-state index contributed by atoms with van der Waals surface area (Å²) < 4.78 is 5.40. The minimum atomic E-state index is 0.0100. The van der Waals surface area contributed by atoms with Gasteiger partial charge in [0.2, 0.25) is 0 Å². The first-order chi connectivity index (χ1) is 12.2. The smallest absolute Gasteiger partial charge is 0.261 e. The van der Waals surface area contributed by atoms with Crippen molar-refractivity contribution >= 4 is 16.7 Å². The summed E-state index contributed by atoms with van der Waals surface area (Å²) in [5, 5.41) is 14.5. The van der Waals surface area contributed by atoms with Crippen LogP contribution in [-0.4, -0.2) is 46.0 Å². The Hall–Kier alpha value is -2.51. The fourth-order valence-corrected chi connectivity index (χ4v) is 3.35. The number of para-hydroxylation sites is 1. The third-order valence-corrected chi connectivity index (χ3v) is 4.79. The van der Waals surface area contributed by atoms with Gasteiger partial charge in [0.25, 0.3) is 5.89 Å². The number of rotatable bonds is 3. The van der Waals surface area contributed by atoms with E-state index in [1.54, 1.807) is 6.92 Å². The lowest BCUT2D eigenvalue weighted by atomic mass is 9.93. The zero-order valence-corrected chi connectivity index (χ0v) is 14.1. The highest BCUT2D eigenvalue weighted by Crippen LogP contribution is 2.33. The number of aryl methyl sites for hydroxylation is 1. The molecule has 1 saturated heterocycles. The number of hydrogen-bond acceptors (Lipinski definition) is 7. The van der Waals surface area contributed by atoms with E-state index < -0.39 is 0 Å². The van der Waals surface area contributed by atoms with Crippen LogP contribution < -0.4 is 10.6 Å². The number of nitrogens with two attached hydrogens (primary N) is 1. The molecule has 25 heavy (non-hydrogen) atoms. The second-order valence-corrected chi connectivity index (χ2v) is 6.54. The minimum Gasteiger partial charge on any atom is -0.396 e. The molecule has 0 spiro atoms. The molecule has 1 aromatic carbocycles. The van der Waals surface area contributed by atoms with Gasteiger partial charge in [-0.1, -0.05) is 23.4 Å². The van der Waals surface area contributed by atoms with Crippen LogP contribution in [0.1, 0.15) is 12.2 Å². The zero-order valence-electron chi connectivity index (χ0n) is 14.1. The van der Waals surface area contributed by atoms with Crippen molar-refractivity contribution in [2.24, 2.45) is 11.7 Å². The molecule has 0 amide bonds. The van der Waals surface area contributed by atoms with E-state index in [1.165, 1.54) is 0 Å². The Morgan fingerprint density at radius 3 is 2.92 bits per heavy atom. The number of fused-ring (bicyclic) bond motifs is 1. The summed E-state index contributed by atoms with van der Waals surface area (Å²) in [5.41, 5.74) is 7.85. The Morgan fingerprint density at radius 2 is 2.16 bits per heavy atom. The standard InChI is InChI=1S/C18H21N5O2/c1-11-20-18(25-22-11)14-8-12-4-2-3-5-16(12)21-17(14)23-7-6-15(19)13(9-23)10-24/h2-5,8,13,15,24H,6-7,9-10,19H2,1H3. The van der Waals surface area contributed by atoms with Gasteiger partial charge in [0.1, 0.15) is 5.82 Å². The molecule has 0 radical (unpaired) electrons. The summed E-state index contributed by atoms with van der Waals surface area (Å²) in [4.78, 5) is 11.4. The summed E-state index contributed by atoms with van der Waals surface area (Å²) in [6, 6.07) is 10.00. The molecule has 7 nitrogen and oxygen atoms in total. The number of aliphatic hydroxyl groups excluding tert-OH is 1. The first-order valence-corrected chi connectivity index (χ1v) is 8.47. The minimum absolute atomic E-state index is 0.0100. The van der Waals surface area contributed by atoms with Crippen LogP contribution in [0.15, 0.2) is 34.9 Å². The maximum Gasteiger partial charge on any atom is 0.261 e. The molecule has 0 saturated carbocycles. The molecule has 0 bridgehead atoms. The first-order valence-electron chi connectivity index (χ1n) is 8.47. The van der Waals surface area contributed by atoms with E-state index in [4.69, 9.17) is 15.2 Å². The van der Waals surface area contributed by atoms with Gasteiger partial charge in [0.05, 0.1) is 11.1 Å². The van der Waals surface area contributed by atoms with Crippen LogP contribution in [-0.2, 0) is 0 Å². The number of aromatic nitrogens is 3. The number of pyridine rings is 1. The van der Waals surface area contributed by atoms with Crippen LogP contribution in [0.5, 0.6) is 0 Å². The summed E-state index contributed by atoms with van der Waals surface area (Å²) in [6.07, 6.45) is 0.808. The van der Waals surface area contributed by atoms with Gasteiger partial charge in [-0.2, -0.15) is 4.98 Å². The lowest BCUT2D eigenvalue weighted by molar-refractivity contribution is 0.191. The average Bonchev–Trinajstić information content (AvgIpc) is 3.07. The van der Waals surface area contributed by atoms with Crippen LogP contribution in [0.25, 0.3) is 22.4 Å². The third kappa shape index (κ3) is 2.96. The second kappa shape index (κ2) is 6.42. The molecule has 1 aliphatic heterocycles. The lowest BCUT2D eigenvalue weighted by Crippen LogP contribution is -2.49. The quantitative estimate of drug-likeness (QED) is 0.749. The normalized spacial score (nSPS) is 21.0. The largest absolute Gasteiger partial charge is 0.396 e. The van der Waals surface area contributed by atoms with Crippen LogP contribution in [0, 0.1) is 12.8 Å². The Bertz CT molecular complexity index is 894. The molecule has 2 aromatic heterocycles. The van der Waals surface area contributed by atoms with Crippen molar-refractivity contribution in [1.29, 1.82) is 0 Å². The molecular weight excluding hydrogens is 318 g/mol. The van der Waals surface area contributed by atoms with E-state index in [9.17, 15) is 5.11 Å². The summed E-state index contributed by atoms with van der Waals surface area (Å²) in [7, 11) is 0. The SMILES string of the molecule is Cc1noc(-c2cc3ccccc3nc2N2CCC(N)C(CO)C2)n1. The van der Waals surface area contributed by atoms with Gasteiger partial charge < -0.3 is 20.3 Å². The molecule has 1 fully saturated rings. The van der Waals surface area contributed by atoms with Crippen molar-refractivity contribution in [2.45, 2.75) is 19.4 Å². The van der Waals surface area contributed by atoms with Crippen molar-refractivity contribution < 1.29 is 9.63 Å². The molecule has 3 N–H and O–H groups in total. The Morgan fingerprint density at radius 1 is 1.32 bits per heavy atom. The predicted octanol–water partition coefficient (Wildman–Crippen LogP) is 1.74. The van der Waals surface area contributed by atoms with E-state index in [0.29, 0.717) is 18.3 Å². The molecule has 2 unspecified atom stereocenters. The van der Waals surface area contributed by atoms with Gasteiger partial charge in [-0.25, -0.2) is 4.98 Å². The molecule has 7 heteroatoms. The maximum atomic E-state index is 9.62. The van der Waals surface area contributed by atoms with E-state index in [-0.39, 0.29) is 18.6 Å². The number of piperidine rings is 1. The van der Waals surface area contributed by atoms with Gasteiger partial charge in [-0.3, -0.25) is 0 Å². The van der Waals surface area contributed by atoms with E-state index in [0.717, 1.165) is 35.2 Å². The van der Waals surface area contributed by atoms with E-state index in [1.807, 2.05) is 30.3 Å². The van der Waals surface area contributed by atoms with Crippen LogP contribution in [0.4, 0.5) is 5.82 Å². The zero-order chi connectivity index (χ0) is 17.4. The number of nitrogens with zero attached hydrogens (tertiary/aromatic N) is 4. The molecule has 0 aliphatic carbocycles. The van der Waals surface area contributed by atoms with Crippen LogP contribution >= 0.6 is 0 Å². The van der Waals surface area contributed by atoms with Crippen molar-refractivity contribution in [2.75, 3.05) is 24.6 Å². The van der Waals surface area contributed by atoms with Crippen LogP contribution in [0.2, 0.25) is 0 Å². The molecule has 1 aliphatic rings. The predicted molar refractivity (Wildman–Crippen MR) is 95.2 cm³/mol. The monoisotopic (exact) mass is 339 g/mol. The summed E-state index contributed by atoms with van der Waals surface area (Å²) >= 11 is 0. The molecule has 4 rings (SSSR count). The Balaban J connectivity index is 1.83. The van der Waals surface area contributed by atoms with Crippen molar-refractivity contribution in [3.05, 3.63) is 36.2 Å². The van der Waals surface area contributed by atoms with E-state index >= 15 is 0 Å². The third-order valence-electron chi connectivity index (χ3n) is 4.79. The van der Waals surface area contributed by atoms with Gasteiger partial charge in [0.15, 0.2) is 5.82 Å². The number of anilines is 1. The van der Waals surface area contributed by atoms with E-state index in [2.05, 4.69) is 15.0 Å². The molecule has 3 aromatic rings. The first kappa shape index (κ1) is 16.0. The Kier molecular flexibility index (Phi) is 4.10. The van der Waals surface area contributed by atoms with Gasteiger partial charge in [0, 0.05) is 37.0 Å².